The zero-order valence-corrected chi connectivity index (χ0v) is 13.9. The van der Waals surface area contributed by atoms with E-state index in [4.69, 9.17) is 0 Å². The van der Waals surface area contributed by atoms with Gasteiger partial charge in [-0.2, -0.15) is 0 Å². The number of amides is 2. The highest BCUT2D eigenvalue weighted by molar-refractivity contribution is 6.43. The summed E-state index contributed by atoms with van der Waals surface area (Å²) in [6.45, 7) is 6.10. The van der Waals surface area contributed by atoms with Gasteiger partial charge in [-0.15, -0.1) is 0 Å². The molecule has 0 atom stereocenters. The molecule has 0 aromatic heterocycles. The van der Waals surface area contributed by atoms with E-state index in [2.05, 4.69) is 5.32 Å². The van der Waals surface area contributed by atoms with E-state index in [1.807, 2.05) is 38.2 Å². The average molecular weight is 350 g/mol. The zero-order valence-electron chi connectivity index (χ0n) is 13.9. The van der Waals surface area contributed by atoms with Crippen LogP contribution >= 0.6 is 0 Å². The Morgan fingerprint density at radius 3 is 1.92 bits per heavy atom. The lowest BCUT2D eigenvalue weighted by Crippen LogP contribution is -2.29. The fourth-order valence-corrected chi connectivity index (χ4v) is 2.04. The van der Waals surface area contributed by atoms with E-state index in [1.165, 1.54) is 0 Å². The van der Waals surface area contributed by atoms with Crippen molar-refractivity contribution in [2.75, 3.05) is 10.6 Å². The Labute approximate surface area is 143 Å². The fraction of sp³-hybridized carbons (Fsp3) is 0.222. The van der Waals surface area contributed by atoms with Gasteiger partial charge in [0, 0.05) is 5.69 Å². The van der Waals surface area contributed by atoms with Crippen molar-refractivity contribution in [3.63, 3.8) is 0 Å². The van der Waals surface area contributed by atoms with Crippen LogP contribution in [0.3, 0.4) is 0 Å². The van der Waals surface area contributed by atoms with Gasteiger partial charge >= 0.3 is 11.8 Å². The molecule has 0 bridgehead atoms. The Balaban J connectivity index is 2.06. The maximum Gasteiger partial charge on any atom is 0.314 e. The van der Waals surface area contributed by atoms with Crippen LogP contribution in [0.1, 0.15) is 26.3 Å². The number of carbonyl (C=O) groups is 2. The van der Waals surface area contributed by atoms with Crippen molar-refractivity contribution < 1.29 is 22.8 Å². The quantitative estimate of drug-likeness (QED) is 0.636. The summed E-state index contributed by atoms with van der Waals surface area (Å²) >= 11 is 0. The number of anilines is 2. The first-order chi connectivity index (χ1) is 11.6. The summed E-state index contributed by atoms with van der Waals surface area (Å²) in [5, 5.41) is 4.25. The normalized spacial score (nSPS) is 11.1. The molecule has 0 heterocycles. The van der Waals surface area contributed by atoms with Gasteiger partial charge in [0.1, 0.15) is 0 Å². The summed E-state index contributed by atoms with van der Waals surface area (Å²) < 4.78 is 39.5. The Bertz CT molecular complexity index is 812. The molecule has 0 aliphatic heterocycles. The van der Waals surface area contributed by atoms with Crippen LogP contribution in [-0.2, 0) is 15.0 Å². The largest absolute Gasteiger partial charge is 0.318 e. The van der Waals surface area contributed by atoms with Crippen LogP contribution in [0.15, 0.2) is 36.4 Å². The van der Waals surface area contributed by atoms with Gasteiger partial charge in [0.25, 0.3) is 0 Å². The molecular weight excluding hydrogens is 333 g/mol. The minimum Gasteiger partial charge on any atom is -0.318 e. The SMILES string of the molecule is CC(C)(C)c1ccc(NC(=O)C(=O)Nc2ccc(F)c(F)c2F)cc1. The molecule has 2 aromatic rings. The average Bonchev–Trinajstić information content (AvgIpc) is 2.55. The monoisotopic (exact) mass is 350 g/mol. The van der Waals surface area contributed by atoms with Crippen LogP contribution in [0.2, 0.25) is 0 Å². The van der Waals surface area contributed by atoms with Crippen LogP contribution < -0.4 is 10.6 Å². The lowest BCUT2D eigenvalue weighted by atomic mass is 9.87. The molecule has 2 aromatic carbocycles. The smallest absolute Gasteiger partial charge is 0.314 e. The number of nitrogens with one attached hydrogen (secondary N) is 2. The van der Waals surface area contributed by atoms with Gasteiger partial charge in [-0.1, -0.05) is 32.9 Å². The number of benzene rings is 2. The fourth-order valence-electron chi connectivity index (χ4n) is 2.04. The van der Waals surface area contributed by atoms with Gasteiger partial charge in [-0.25, -0.2) is 13.2 Å². The first kappa shape index (κ1) is 18.5. The molecule has 2 rings (SSSR count). The third-order valence-corrected chi connectivity index (χ3v) is 3.50. The second-order valence-electron chi connectivity index (χ2n) is 6.46. The van der Waals surface area contributed by atoms with Gasteiger partial charge in [-0.05, 0) is 35.2 Å². The molecule has 25 heavy (non-hydrogen) atoms. The minimum absolute atomic E-state index is 0.0654. The number of hydrogen-bond donors (Lipinski definition) is 2. The highest BCUT2D eigenvalue weighted by Crippen LogP contribution is 2.23. The van der Waals surface area contributed by atoms with Crippen molar-refractivity contribution in [3.05, 3.63) is 59.4 Å². The van der Waals surface area contributed by atoms with Crippen LogP contribution in [0, 0.1) is 17.5 Å². The second kappa shape index (κ2) is 6.96. The van der Waals surface area contributed by atoms with Crippen LogP contribution in [0.25, 0.3) is 0 Å². The van der Waals surface area contributed by atoms with Gasteiger partial charge in [0.05, 0.1) is 5.69 Å². The maximum atomic E-state index is 13.5. The summed E-state index contributed by atoms with van der Waals surface area (Å²) in [6, 6.07) is 8.35. The molecule has 0 fully saturated rings. The summed E-state index contributed by atoms with van der Waals surface area (Å²) in [7, 11) is 0. The summed E-state index contributed by atoms with van der Waals surface area (Å²) in [4.78, 5) is 23.6. The maximum absolute atomic E-state index is 13.5. The van der Waals surface area contributed by atoms with Crippen molar-refractivity contribution >= 4 is 23.2 Å². The zero-order chi connectivity index (χ0) is 18.8. The van der Waals surface area contributed by atoms with Crippen molar-refractivity contribution in [2.24, 2.45) is 0 Å². The molecule has 0 saturated heterocycles. The number of rotatable bonds is 2. The van der Waals surface area contributed by atoms with E-state index in [0.717, 1.165) is 11.6 Å². The first-order valence-electron chi connectivity index (χ1n) is 7.46. The summed E-state index contributed by atoms with van der Waals surface area (Å²) in [5.41, 5.74) is 0.726. The predicted octanol–water partition coefficient (Wildman–Crippen LogP) is 3.98. The molecule has 0 aliphatic rings. The molecular formula is C18H17F3N2O2. The second-order valence-corrected chi connectivity index (χ2v) is 6.46. The highest BCUT2D eigenvalue weighted by Gasteiger charge is 2.20. The van der Waals surface area contributed by atoms with E-state index in [0.29, 0.717) is 11.8 Å². The summed E-state index contributed by atoms with van der Waals surface area (Å²) in [5.74, 6) is -6.96. The van der Waals surface area contributed by atoms with Crippen LogP contribution in [0.4, 0.5) is 24.5 Å². The van der Waals surface area contributed by atoms with Crippen molar-refractivity contribution in [2.45, 2.75) is 26.2 Å². The minimum atomic E-state index is -1.73. The third-order valence-electron chi connectivity index (χ3n) is 3.50. The van der Waals surface area contributed by atoms with E-state index in [-0.39, 0.29) is 5.41 Å². The molecule has 0 radical (unpaired) electrons. The first-order valence-corrected chi connectivity index (χ1v) is 7.46. The molecule has 0 aliphatic carbocycles. The van der Waals surface area contributed by atoms with Gasteiger partial charge in [0.15, 0.2) is 17.5 Å². The topological polar surface area (TPSA) is 58.2 Å². The molecule has 2 N–H and O–H groups in total. The molecule has 0 unspecified atom stereocenters. The predicted molar refractivity (Wildman–Crippen MR) is 88.7 cm³/mol. The Kier molecular flexibility index (Phi) is 5.15. The van der Waals surface area contributed by atoms with Gasteiger partial charge in [0.2, 0.25) is 0 Å². The van der Waals surface area contributed by atoms with E-state index in [9.17, 15) is 22.8 Å². The molecule has 0 saturated carbocycles. The number of carbonyl (C=O) groups excluding carboxylic acids is 2. The molecule has 4 nitrogen and oxygen atoms in total. The van der Waals surface area contributed by atoms with Gasteiger partial charge in [-0.3, -0.25) is 9.59 Å². The van der Waals surface area contributed by atoms with E-state index < -0.39 is 35.0 Å². The van der Waals surface area contributed by atoms with Crippen LogP contribution in [-0.4, -0.2) is 11.8 Å². The van der Waals surface area contributed by atoms with Crippen LogP contribution in [0.5, 0.6) is 0 Å². The Morgan fingerprint density at radius 2 is 1.36 bits per heavy atom. The highest BCUT2D eigenvalue weighted by atomic mass is 19.2. The van der Waals surface area contributed by atoms with Crippen molar-refractivity contribution in [3.8, 4) is 0 Å². The number of hydrogen-bond acceptors (Lipinski definition) is 2. The Hall–Kier alpha value is -2.83. The van der Waals surface area contributed by atoms with Crippen molar-refractivity contribution in [1.82, 2.24) is 0 Å². The summed E-state index contributed by atoms with van der Waals surface area (Å²) in [6.07, 6.45) is 0. The van der Waals surface area contributed by atoms with Gasteiger partial charge < -0.3 is 10.6 Å². The molecule has 132 valence electrons. The molecule has 2 amide bonds. The number of halogens is 3. The Morgan fingerprint density at radius 1 is 0.800 bits per heavy atom. The third kappa shape index (κ3) is 4.37. The standard InChI is InChI=1S/C18H17F3N2O2/c1-18(2,3)10-4-6-11(7-5-10)22-16(24)17(25)23-13-9-8-12(19)14(20)15(13)21/h4-9H,1-3H3,(H,22,24)(H,23,25). The van der Waals surface area contributed by atoms with E-state index >= 15 is 0 Å². The van der Waals surface area contributed by atoms with E-state index in [1.54, 1.807) is 12.1 Å². The van der Waals surface area contributed by atoms with Crippen molar-refractivity contribution in [1.29, 1.82) is 0 Å². The molecule has 0 spiro atoms. The lowest BCUT2D eigenvalue weighted by molar-refractivity contribution is -0.133. The molecule has 7 heteroatoms. The lowest BCUT2D eigenvalue weighted by Gasteiger charge is -2.19.